The Hall–Kier alpha value is -1.72. The predicted molar refractivity (Wildman–Crippen MR) is 73.7 cm³/mol. The van der Waals surface area contributed by atoms with Crippen molar-refractivity contribution >= 4 is 16.3 Å². The fraction of sp³-hybridized carbons (Fsp3) is 0.231. The lowest BCUT2D eigenvalue weighted by Crippen LogP contribution is -1.95. The number of aryl methyl sites for hydroxylation is 2. The highest BCUT2D eigenvalue weighted by molar-refractivity contribution is 7.16. The monoisotopic (exact) mass is 258 g/mol. The highest BCUT2D eigenvalue weighted by atomic mass is 32.1. The number of benzene rings is 1. The second-order valence-electron chi connectivity index (χ2n) is 4.35. The molecule has 5 heteroatoms. The molecule has 2 aromatic heterocycles. The van der Waals surface area contributed by atoms with Crippen LogP contribution in [0.5, 0.6) is 0 Å². The van der Waals surface area contributed by atoms with Crippen molar-refractivity contribution in [1.29, 1.82) is 0 Å². The molecule has 0 unspecified atom stereocenters. The maximum absolute atomic E-state index is 5.57. The van der Waals surface area contributed by atoms with Crippen LogP contribution in [0.25, 0.3) is 16.2 Å². The van der Waals surface area contributed by atoms with Crippen LogP contribution in [0, 0.1) is 13.8 Å². The lowest BCUT2D eigenvalue weighted by Gasteiger charge is -2.01. The number of aromatic nitrogens is 3. The van der Waals surface area contributed by atoms with Gasteiger partial charge in [-0.05, 0) is 31.0 Å². The summed E-state index contributed by atoms with van der Waals surface area (Å²) in [5.41, 5.74) is 10.2. The third-order valence-electron chi connectivity index (χ3n) is 3.06. The molecule has 4 nitrogen and oxygen atoms in total. The van der Waals surface area contributed by atoms with Crippen molar-refractivity contribution in [1.82, 2.24) is 14.6 Å². The minimum absolute atomic E-state index is 0.465. The molecule has 3 rings (SSSR count). The van der Waals surface area contributed by atoms with Crippen LogP contribution >= 0.6 is 11.3 Å². The standard InChI is InChI=1S/C13H14N4S/c1-8-3-4-10(5-9(8)2)11-7-17-13(15-11)18-12(6-14)16-17/h3-5,7H,6,14H2,1-2H3. The van der Waals surface area contributed by atoms with E-state index in [1.807, 2.05) is 6.20 Å². The number of fused-ring (bicyclic) bond motifs is 1. The molecule has 0 aliphatic heterocycles. The minimum Gasteiger partial charge on any atom is -0.324 e. The zero-order valence-electron chi connectivity index (χ0n) is 10.3. The first-order valence-corrected chi connectivity index (χ1v) is 6.62. The van der Waals surface area contributed by atoms with Crippen molar-refractivity contribution in [2.24, 2.45) is 5.73 Å². The van der Waals surface area contributed by atoms with Crippen LogP contribution in [0.4, 0.5) is 0 Å². The third-order valence-corrected chi connectivity index (χ3v) is 4.01. The summed E-state index contributed by atoms with van der Waals surface area (Å²) in [4.78, 5) is 5.48. The van der Waals surface area contributed by atoms with Crippen LogP contribution in [0.1, 0.15) is 16.1 Å². The van der Waals surface area contributed by atoms with Gasteiger partial charge in [0.05, 0.1) is 11.9 Å². The molecule has 92 valence electrons. The van der Waals surface area contributed by atoms with Gasteiger partial charge in [0.2, 0.25) is 4.96 Å². The molecule has 0 aliphatic rings. The van der Waals surface area contributed by atoms with Gasteiger partial charge in [-0.25, -0.2) is 9.50 Å². The van der Waals surface area contributed by atoms with E-state index in [9.17, 15) is 0 Å². The number of hydrogen-bond donors (Lipinski definition) is 1. The van der Waals surface area contributed by atoms with E-state index in [4.69, 9.17) is 5.73 Å². The first-order chi connectivity index (χ1) is 8.67. The van der Waals surface area contributed by atoms with E-state index >= 15 is 0 Å². The van der Waals surface area contributed by atoms with Gasteiger partial charge >= 0.3 is 0 Å². The average Bonchev–Trinajstić information content (AvgIpc) is 2.90. The highest BCUT2D eigenvalue weighted by Crippen LogP contribution is 2.23. The van der Waals surface area contributed by atoms with Crippen molar-refractivity contribution in [3.8, 4) is 11.3 Å². The van der Waals surface area contributed by atoms with Crippen LogP contribution in [0.3, 0.4) is 0 Å². The molecule has 2 N–H and O–H groups in total. The molecule has 0 atom stereocenters. The summed E-state index contributed by atoms with van der Waals surface area (Å²) < 4.78 is 1.80. The quantitative estimate of drug-likeness (QED) is 0.768. The Balaban J connectivity index is 2.07. The second-order valence-corrected chi connectivity index (χ2v) is 5.39. The van der Waals surface area contributed by atoms with Crippen molar-refractivity contribution in [2.75, 3.05) is 0 Å². The van der Waals surface area contributed by atoms with Crippen molar-refractivity contribution < 1.29 is 0 Å². The Kier molecular flexibility index (Phi) is 2.65. The minimum atomic E-state index is 0.465. The average molecular weight is 258 g/mol. The number of nitrogens with two attached hydrogens (primary N) is 1. The molecule has 0 fully saturated rings. The van der Waals surface area contributed by atoms with Crippen LogP contribution in [-0.2, 0) is 6.54 Å². The smallest absolute Gasteiger partial charge is 0.212 e. The molecule has 2 heterocycles. The van der Waals surface area contributed by atoms with E-state index in [-0.39, 0.29) is 0 Å². The largest absolute Gasteiger partial charge is 0.324 e. The van der Waals surface area contributed by atoms with E-state index in [1.165, 1.54) is 22.5 Å². The van der Waals surface area contributed by atoms with E-state index < -0.39 is 0 Å². The van der Waals surface area contributed by atoms with E-state index in [0.29, 0.717) is 6.54 Å². The van der Waals surface area contributed by atoms with Gasteiger partial charge in [0, 0.05) is 12.1 Å². The lowest BCUT2D eigenvalue weighted by atomic mass is 10.1. The molecule has 0 bridgehead atoms. The summed E-state index contributed by atoms with van der Waals surface area (Å²) >= 11 is 1.54. The Morgan fingerprint density at radius 1 is 1.28 bits per heavy atom. The molecule has 18 heavy (non-hydrogen) atoms. The van der Waals surface area contributed by atoms with Crippen molar-refractivity contribution in [2.45, 2.75) is 20.4 Å². The lowest BCUT2D eigenvalue weighted by molar-refractivity contribution is 0.897. The first kappa shape index (κ1) is 11.4. The zero-order valence-corrected chi connectivity index (χ0v) is 11.2. The van der Waals surface area contributed by atoms with E-state index in [2.05, 4.69) is 42.1 Å². The fourth-order valence-electron chi connectivity index (χ4n) is 1.86. The summed E-state index contributed by atoms with van der Waals surface area (Å²) in [5, 5.41) is 5.27. The van der Waals surface area contributed by atoms with Crippen molar-refractivity contribution in [3.63, 3.8) is 0 Å². The molecule has 0 saturated heterocycles. The van der Waals surface area contributed by atoms with Gasteiger partial charge in [0.1, 0.15) is 5.01 Å². The maximum atomic E-state index is 5.57. The van der Waals surface area contributed by atoms with Gasteiger partial charge < -0.3 is 5.73 Å². The molecule has 0 aliphatic carbocycles. The van der Waals surface area contributed by atoms with Crippen LogP contribution < -0.4 is 5.73 Å². The fourth-order valence-corrected chi connectivity index (χ4v) is 2.62. The van der Waals surface area contributed by atoms with Crippen LogP contribution in [0.15, 0.2) is 24.4 Å². The highest BCUT2D eigenvalue weighted by Gasteiger charge is 2.09. The first-order valence-electron chi connectivity index (χ1n) is 5.80. The molecule has 0 radical (unpaired) electrons. The van der Waals surface area contributed by atoms with Gasteiger partial charge in [-0.1, -0.05) is 23.5 Å². The summed E-state index contributed by atoms with van der Waals surface area (Å²) in [7, 11) is 0. The maximum Gasteiger partial charge on any atom is 0.212 e. The predicted octanol–water partition coefficient (Wildman–Crippen LogP) is 2.53. The Morgan fingerprint density at radius 3 is 2.78 bits per heavy atom. The normalized spacial score (nSPS) is 11.3. The molecule has 0 saturated carbocycles. The summed E-state index contributed by atoms with van der Waals surface area (Å²) in [6, 6.07) is 6.38. The van der Waals surface area contributed by atoms with Gasteiger partial charge in [-0.15, -0.1) is 0 Å². The second kappa shape index (κ2) is 4.19. The van der Waals surface area contributed by atoms with Gasteiger partial charge in [-0.2, -0.15) is 5.10 Å². The van der Waals surface area contributed by atoms with Gasteiger partial charge in [0.15, 0.2) is 0 Å². The molecule has 0 spiro atoms. The molecule has 0 amide bonds. The number of imidazole rings is 1. The third kappa shape index (κ3) is 1.81. The molecule has 3 aromatic rings. The molecular formula is C13H14N4S. The number of nitrogens with zero attached hydrogens (tertiary/aromatic N) is 3. The van der Waals surface area contributed by atoms with E-state index in [0.717, 1.165) is 21.2 Å². The molecular weight excluding hydrogens is 244 g/mol. The van der Waals surface area contributed by atoms with E-state index in [1.54, 1.807) is 4.52 Å². The van der Waals surface area contributed by atoms with Crippen LogP contribution in [0.2, 0.25) is 0 Å². The Bertz CT molecular complexity index is 679. The Labute approximate surface area is 109 Å². The van der Waals surface area contributed by atoms with Gasteiger partial charge in [-0.3, -0.25) is 0 Å². The zero-order chi connectivity index (χ0) is 12.7. The van der Waals surface area contributed by atoms with Crippen LogP contribution in [-0.4, -0.2) is 14.6 Å². The Morgan fingerprint density at radius 2 is 2.11 bits per heavy atom. The summed E-state index contributed by atoms with van der Waals surface area (Å²) in [6.45, 7) is 4.69. The van der Waals surface area contributed by atoms with Gasteiger partial charge in [0.25, 0.3) is 0 Å². The number of hydrogen-bond acceptors (Lipinski definition) is 4. The van der Waals surface area contributed by atoms with Crippen molar-refractivity contribution in [3.05, 3.63) is 40.5 Å². The molecule has 1 aromatic carbocycles. The topological polar surface area (TPSA) is 56.2 Å². The summed E-state index contributed by atoms with van der Waals surface area (Å²) in [6.07, 6.45) is 1.95. The summed E-state index contributed by atoms with van der Waals surface area (Å²) in [5.74, 6) is 0. The number of rotatable bonds is 2. The SMILES string of the molecule is Cc1ccc(-c2cn3nc(CN)sc3n2)cc1C.